The van der Waals surface area contributed by atoms with Crippen molar-refractivity contribution in [2.45, 2.75) is 4.90 Å². The lowest BCUT2D eigenvalue weighted by Crippen LogP contribution is -2.37. The zero-order chi connectivity index (χ0) is 22.5. The minimum absolute atomic E-state index is 0.0156. The van der Waals surface area contributed by atoms with E-state index in [1.807, 2.05) is 0 Å². The van der Waals surface area contributed by atoms with Gasteiger partial charge >= 0.3 is 0 Å². The van der Waals surface area contributed by atoms with Crippen LogP contribution >= 0.6 is 0 Å². The first-order valence-electron chi connectivity index (χ1n) is 9.02. The van der Waals surface area contributed by atoms with Crippen molar-refractivity contribution in [3.63, 3.8) is 0 Å². The molecule has 0 spiro atoms. The summed E-state index contributed by atoms with van der Waals surface area (Å²) in [6.45, 7) is -0.426. The zero-order valence-corrected chi connectivity index (χ0v) is 18.1. The maximum atomic E-state index is 12.4. The van der Waals surface area contributed by atoms with Crippen LogP contribution < -0.4 is 14.3 Å². The van der Waals surface area contributed by atoms with Gasteiger partial charge in [0, 0.05) is 11.9 Å². The number of anilines is 3. The fourth-order valence-corrected chi connectivity index (χ4v) is 4.53. The summed E-state index contributed by atoms with van der Waals surface area (Å²) in [7, 11) is -7.53. The number of aromatic nitrogens is 1. The third-order valence-electron chi connectivity index (χ3n) is 4.08. The molecule has 11 heteroatoms. The number of hydrogen-bond donors (Lipinski definition) is 2. The van der Waals surface area contributed by atoms with Gasteiger partial charge in [0.05, 0.1) is 16.8 Å². The van der Waals surface area contributed by atoms with Gasteiger partial charge in [0.25, 0.3) is 10.0 Å². The summed E-state index contributed by atoms with van der Waals surface area (Å²) in [4.78, 5) is 16.3. The molecular formula is C20H20N4O5S2. The number of carbonyl (C=O) groups is 1. The number of amides is 1. The van der Waals surface area contributed by atoms with E-state index in [0.29, 0.717) is 11.4 Å². The van der Waals surface area contributed by atoms with Gasteiger partial charge in [0.15, 0.2) is 0 Å². The summed E-state index contributed by atoms with van der Waals surface area (Å²) in [5, 5.41) is 2.57. The monoisotopic (exact) mass is 460 g/mol. The SMILES string of the molecule is CS(=O)(=O)N(CC(=O)Nc1ccc(S(=O)(=O)Nc2ccccn2)cc1)c1ccccc1. The minimum Gasteiger partial charge on any atom is -0.325 e. The van der Waals surface area contributed by atoms with Crippen molar-refractivity contribution >= 4 is 43.1 Å². The van der Waals surface area contributed by atoms with Crippen LogP contribution in [0.15, 0.2) is 83.9 Å². The first-order valence-corrected chi connectivity index (χ1v) is 12.3. The largest absolute Gasteiger partial charge is 0.325 e. The Bertz CT molecular complexity index is 1250. The number of para-hydroxylation sites is 1. The molecule has 3 rings (SSSR count). The Hall–Kier alpha value is -3.44. The molecule has 2 N–H and O–H groups in total. The molecule has 0 aliphatic heterocycles. The Morgan fingerprint density at radius 3 is 2.13 bits per heavy atom. The van der Waals surface area contributed by atoms with Gasteiger partial charge in [-0.05, 0) is 48.5 Å². The van der Waals surface area contributed by atoms with Gasteiger partial charge in [-0.15, -0.1) is 0 Å². The molecular weight excluding hydrogens is 440 g/mol. The number of pyridine rings is 1. The van der Waals surface area contributed by atoms with E-state index in [-0.39, 0.29) is 10.7 Å². The molecule has 0 bridgehead atoms. The van der Waals surface area contributed by atoms with Crippen molar-refractivity contribution < 1.29 is 21.6 Å². The molecule has 1 aromatic heterocycles. The van der Waals surface area contributed by atoms with E-state index in [9.17, 15) is 21.6 Å². The highest BCUT2D eigenvalue weighted by molar-refractivity contribution is 7.92. The van der Waals surface area contributed by atoms with Gasteiger partial charge in [0.2, 0.25) is 15.9 Å². The Labute approximate surface area is 180 Å². The van der Waals surface area contributed by atoms with E-state index in [2.05, 4.69) is 15.0 Å². The molecule has 0 saturated carbocycles. The number of nitrogens with zero attached hydrogens (tertiary/aromatic N) is 2. The van der Waals surface area contributed by atoms with Crippen LogP contribution in [0, 0.1) is 0 Å². The lowest BCUT2D eigenvalue weighted by Gasteiger charge is -2.21. The Kier molecular flexibility index (Phi) is 6.56. The average Bonchev–Trinajstić information content (AvgIpc) is 2.73. The van der Waals surface area contributed by atoms with Crippen LogP contribution in [0.2, 0.25) is 0 Å². The Morgan fingerprint density at radius 2 is 1.55 bits per heavy atom. The van der Waals surface area contributed by atoms with Gasteiger partial charge in [-0.25, -0.2) is 21.8 Å². The Morgan fingerprint density at radius 1 is 0.903 bits per heavy atom. The molecule has 0 atom stereocenters. The maximum Gasteiger partial charge on any atom is 0.263 e. The van der Waals surface area contributed by atoms with Gasteiger partial charge < -0.3 is 5.32 Å². The number of nitrogens with one attached hydrogen (secondary N) is 2. The topological polar surface area (TPSA) is 126 Å². The number of carbonyl (C=O) groups excluding carboxylic acids is 1. The smallest absolute Gasteiger partial charge is 0.263 e. The normalized spacial score (nSPS) is 11.5. The van der Waals surface area contributed by atoms with Gasteiger partial charge in [0.1, 0.15) is 12.4 Å². The summed E-state index contributed by atoms with van der Waals surface area (Å²) in [6, 6.07) is 18.6. The molecule has 0 aliphatic carbocycles. The fraction of sp³-hybridized carbons (Fsp3) is 0.100. The predicted molar refractivity (Wildman–Crippen MR) is 119 cm³/mol. The maximum absolute atomic E-state index is 12.4. The standard InChI is InChI=1S/C20H20N4O5S2/c1-30(26,27)24(17-7-3-2-4-8-17)15-20(25)22-16-10-12-18(13-11-16)31(28,29)23-19-9-5-6-14-21-19/h2-14H,15H2,1H3,(H,21,23)(H,22,25). The second kappa shape index (κ2) is 9.14. The van der Waals surface area contributed by atoms with Crippen LogP contribution in [0.25, 0.3) is 0 Å². The van der Waals surface area contributed by atoms with Crippen molar-refractivity contribution in [1.29, 1.82) is 0 Å². The second-order valence-electron chi connectivity index (χ2n) is 6.50. The lowest BCUT2D eigenvalue weighted by molar-refractivity contribution is -0.114. The molecule has 0 fully saturated rings. The van der Waals surface area contributed by atoms with Crippen molar-refractivity contribution in [3.05, 3.63) is 79.0 Å². The molecule has 0 unspecified atom stereocenters. The van der Waals surface area contributed by atoms with Crippen molar-refractivity contribution in [1.82, 2.24) is 4.98 Å². The van der Waals surface area contributed by atoms with Crippen molar-refractivity contribution in [3.8, 4) is 0 Å². The first-order chi connectivity index (χ1) is 14.6. The van der Waals surface area contributed by atoms with Gasteiger partial charge in [-0.1, -0.05) is 24.3 Å². The number of sulfonamides is 2. The average molecular weight is 461 g/mol. The highest BCUT2D eigenvalue weighted by atomic mass is 32.2. The van der Waals surface area contributed by atoms with Gasteiger partial charge in [-0.3, -0.25) is 13.8 Å². The fourth-order valence-electron chi connectivity index (χ4n) is 2.66. The van der Waals surface area contributed by atoms with Crippen molar-refractivity contribution in [2.24, 2.45) is 0 Å². The van der Waals surface area contributed by atoms with Crippen molar-refractivity contribution in [2.75, 3.05) is 27.1 Å². The number of rotatable bonds is 8. The van der Waals surface area contributed by atoms with Gasteiger partial charge in [-0.2, -0.15) is 0 Å². The third-order valence-corrected chi connectivity index (χ3v) is 6.60. The van der Waals surface area contributed by atoms with E-state index in [0.717, 1.165) is 10.6 Å². The lowest BCUT2D eigenvalue weighted by atomic mass is 10.3. The number of benzene rings is 2. The molecule has 0 saturated heterocycles. The highest BCUT2D eigenvalue weighted by Crippen LogP contribution is 2.19. The molecule has 3 aromatic rings. The van der Waals surface area contributed by atoms with Crippen LogP contribution in [-0.2, 0) is 24.8 Å². The van der Waals surface area contributed by atoms with E-state index >= 15 is 0 Å². The molecule has 1 amide bonds. The van der Waals surface area contributed by atoms with E-state index in [4.69, 9.17) is 0 Å². The predicted octanol–water partition coefficient (Wildman–Crippen LogP) is 2.29. The molecule has 0 aliphatic rings. The molecule has 2 aromatic carbocycles. The summed E-state index contributed by atoms with van der Waals surface area (Å²) in [5.41, 5.74) is 0.686. The van der Waals surface area contributed by atoms with Crippen LogP contribution in [0.5, 0.6) is 0 Å². The Balaban J connectivity index is 1.69. The third kappa shape index (κ3) is 6.03. The van der Waals surface area contributed by atoms with E-state index in [1.54, 1.807) is 42.5 Å². The van der Waals surface area contributed by atoms with E-state index in [1.165, 1.54) is 36.5 Å². The highest BCUT2D eigenvalue weighted by Gasteiger charge is 2.21. The summed E-state index contributed by atoms with van der Waals surface area (Å²) in [6.07, 6.45) is 2.48. The molecule has 0 radical (unpaired) electrons. The zero-order valence-electron chi connectivity index (χ0n) is 16.5. The molecule has 1 heterocycles. The summed E-state index contributed by atoms with van der Waals surface area (Å²) >= 11 is 0. The van der Waals surface area contributed by atoms with Crippen LogP contribution in [0.4, 0.5) is 17.2 Å². The second-order valence-corrected chi connectivity index (χ2v) is 10.1. The van der Waals surface area contributed by atoms with Crippen LogP contribution in [-0.4, -0.2) is 40.5 Å². The number of hydrogen-bond acceptors (Lipinski definition) is 6. The first kappa shape index (κ1) is 22.2. The molecule has 31 heavy (non-hydrogen) atoms. The molecule has 162 valence electrons. The summed E-state index contributed by atoms with van der Waals surface area (Å²) < 4.78 is 52.4. The minimum atomic E-state index is -3.85. The quantitative estimate of drug-likeness (QED) is 0.531. The van der Waals surface area contributed by atoms with Crippen LogP contribution in [0.1, 0.15) is 0 Å². The van der Waals surface area contributed by atoms with Crippen LogP contribution in [0.3, 0.4) is 0 Å². The van der Waals surface area contributed by atoms with E-state index < -0.39 is 32.5 Å². The molecule has 9 nitrogen and oxygen atoms in total. The summed E-state index contributed by atoms with van der Waals surface area (Å²) in [5.74, 6) is -0.391.